The molecule has 0 aromatic carbocycles. The summed E-state index contributed by atoms with van der Waals surface area (Å²) in [6.07, 6.45) is -48.8. The summed E-state index contributed by atoms with van der Waals surface area (Å²) in [6, 6.07) is 0. The van der Waals surface area contributed by atoms with E-state index in [9.17, 15) is 1.34 Å². The van der Waals surface area contributed by atoms with Crippen molar-refractivity contribution in [2.24, 2.45) is 0 Å². The normalized spacial score (nSPS) is 9.93. The van der Waals surface area contributed by atoms with Gasteiger partial charge in [0.25, 0.3) is 0 Å². The maximum atomic E-state index is 9.17. The fraction of sp³-hybridized carbons (Fsp3) is 0. The molecule has 0 heterocycles. The van der Waals surface area contributed by atoms with Crippen molar-refractivity contribution in [2.75, 3.05) is 0 Å². The smallest absolute Gasteiger partial charge is 0.0251 e. The van der Waals surface area contributed by atoms with Crippen LogP contribution >= 0.6 is 0 Å². The summed E-state index contributed by atoms with van der Waals surface area (Å²) in [5, 5.41) is 0. The van der Waals surface area contributed by atoms with Crippen LogP contribution in [0.2, 0.25) is 0 Å². The molecule has 0 aliphatic rings. The Balaban J connectivity index is 11.6. The average molecular weight is 740 g/mol. The molecular formula is CH3B67-. The van der Waals surface area contributed by atoms with Crippen LogP contribution in [0.15, 0.2) is 0 Å². The van der Waals surface area contributed by atoms with Gasteiger partial charge in [-0.2, -0.15) is 7.17 Å². The molecule has 0 atom stereocenters. The number of hydrogen-bond acceptors (Lipinski definition) is 0. The molecule has 0 fully saturated rings. The Hall–Kier alpha value is 4.35. The molecule has 68 heavy (non-hydrogen) atoms. The van der Waals surface area contributed by atoms with Crippen molar-refractivity contribution in [2.45, 2.75) is 0 Å². The van der Waals surface area contributed by atoms with Gasteiger partial charge in [0.15, 0.2) is 0 Å². The van der Waals surface area contributed by atoms with Crippen molar-refractivity contribution < 1.29 is 0 Å². The van der Waals surface area contributed by atoms with Crippen LogP contribution in [0.25, 0.3) is 0 Å². The fourth-order valence-electron chi connectivity index (χ4n) is 11.9. The molecule has 0 spiro atoms. The first-order valence-corrected chi connectivity index (χ1v) is 22.4. The maximum Gasteiger partial charge on any atom is 0.0251 e. The summed E-state index contributed by atoms with van der Waals surface area (Å²) >= 11 is 0. The zero-order chi connectivity index (χ0) is 54.8. The van der Waals surface area contributed by atoms with Crippen LogP contribution in [-0.2, 0) is 0 Å². The third-order valence-electron chi connectivity index (χ3n) is 14.3. The first-order valence-electron chi connectivity index (χ1n) is 23.0. The van der Waals surface area contributed by atoms with Gasteiger partial charge >= 0.3 is 0 Å². The summed E-state index contributed by atoms with van der Waals surface area (Å²) in [7, 11) is 222. The second kappa shape index (κ2) is 33.7. The summed E-state index contributed by atoms with van der Waals surface area (Å²) < 4.78 is 9.17. The van der Waals surface area contributed by atoms with E-state index in [-0.39, 0.29) is 0 Å². The van der Waals surface area contributed by atoms with Crippen LogP contribution in [-0.4, -0.2) is 475 Å². The summed E-state index contributed by atoms with van der Waals surface area (Å²) in [5.74, 6) is 0. The molecule has 0 saturated carbocycles. The lowest BCUT2D eigenvalue weighted by atomic mass is 8.21. The van der Waals surface area contributed by atoms with Crippen LogP contribution < -0.4 is 0 Å². The fourth-order valence-corrected chi connectivity index (χ4v) is 11.9. The topological polar surface area (TPSA) is 0 Å². The van der Waals surface area contributed by atoms with Crippen LogP contribution in [0, 0.1) is 6.82 Å². The minimum absolute atomic E-state index is 1.31. The molecule has 0 aromatic heterocycles. The first kappa shape index (κ1) is 70.4. The average Bonchev–Trinajstić information content (AvgIpc) is 3.12. The van der Waals surface area contributed by atoms with Gasteiger partial charge in [0, 0.05) is 139 Å². The van der Waals surface area contributed by atoms with E-state index in [0.717, 1.165) is 0 Å². The zero-order valence-corrected chi connectivity index (χ0v) is 39.4. The number of rotatable bonds is 33. The van der Waals surface area contributed by atoms with Crippen LogP contribution in [0.1, 0.15) is 0 Å². The quantitative estimate of drug-likeness (QED) is 0.0464. The minimum Gasteiger partial charge on any atom is -0.381 e. The van der Waals surface area contributed by atoms with Crippen LogP contribution in [0.3, 0.4) is 0 Å². The number of hydrogen-bond donors (Lipinski definition) is 0. The third-order valence-corrected chi connectivity index (χ3v) is 14.3. The van der Waals surface area contributed by atoms with Crippen molar-refractivity contribution >= 4 is 474 Å². The van der Waals surface area contributed by atoms with E-state index in [1.807, 2.05) is 0 Å². The maximum absolute atomic E-state index is 9.17. The van der Waals surface area contributed by atoms with Gasteiger partial charge in [-0.15, -0.1) is 0 Å². The highest BCUT2D eigenvalue weighted by molar-refractivity contribution is 8.39. The largest absolute Gasteiger partial charge is 0.381 e. The van der Waals surface area contributed by atoms with Crippen molar-refractivity contribution in [1.82, 2.24) is 0 Å². The van der Waals surface area contributed by atoms with E-state index in [1.54, 1.807) is 0 Å². The standard InChI is InChI=1S/CH3B67/c1-35-53(36-2)62(54(37(3)4)38(5)6)66(61(51(31)32)52(33)34)68(65(59(47(23)24)48(25)26)60(49(27)28)50(29)30)67(63(55(39(7)8)40(9)10)56(41(11)12)42(13)14)64(57(43(15)16)44(17)18)58(45(19)20)46(21)22/h36H,1H2/q-1/i36D. The van der Waals surface area contributed by atoms with E-state index in [2.05, 4.69) is 6.82 Å². The predicted molar refractivity (Wildman–Crippen MR) is 392 cm³/mol. The molecule has 209 valence electrons. The van der Waals surface area contributed by atoms with Gasteiger partial charge in [-0.25, -0.2) is 0 Å². The summed E-state index contributed by atoms with van der Waals surface area (Å²) in [6.45, 7) is 4.02. The molecule has 0 N–H and O–H groups in total. The van der Waals surface area contributed by atoms with Gasteiger partial charge in [0.05, 0.1) is 0 Å². The van der Waals surface area contributed by atoms with Gasteiger partial charge < -0.3 is 6.82 Å². The van der Waals surface area contributed by atoms with Gasteiger partial charge in [-0.1, -0.05) is 0 Å². The van der Waals surface area contributed by atoms with Crippen LogP contribution in [0.4, 0.5) is 0 Å². The van der Waals surface area contributed by atoms with E-state index in [0.29, 0.717) is 0 Å². The molecule has 0 rings (SSSR count). The lowest BCUT2D eigenvalue weighted by Crippen LogP contribution is -2.98. The Bertz CT molecular complexity index is 1140. The first-order chi connectivity index (χ1) is 31.4. The molecule has 0 saturated heterocycles. The Morgan fingerprint density at radius 3 is 0.426 bits per heavy atom. The van der Waals surface area contributed by atoms with E-state index < -0.39 is 211 Å². The summed E-state index contributed by atoms with van der Waals surface area (Å²) in [5.41, 5.74) is 0. The minimum atomic E-state index is -1.68. The molecule has 67 radical (unpaired) electrons. The SMILES string of the molecule is [2H]B([B])B([B][CH2-])B(B(B([B])[B])B([B])[B])B(B(B([B])[B])B([B])[B])B(B(B(B([B])[B])B([B])[B])B(B([B])[B])B([B])[B])B(B(B(B([B])[B])B([B])[B])B(B([B])[B])B([B])[B])B(B(B([B])[B])B([B])[B])B(B([B])[B])B([B])[B]. The highest BCUT2D eigenvalue weighted by Gasteiger charge is 2.63. The Morgan fingerprint density at radius 1 is 0.221 bits per heavy atom. The summed E-state index contributed by atoms with van der Waals surface area (Å²) in [4.78, 5) is 0. The highest BCUT2D eigenvalue weighted by atomic mass is 13.4. The predicted octanol–water partition coefficient (Wildman–Crippen LogP) is -25.5. The second-order valence-electron chi connectivity index (χ2n) is 18.9. The zero-order valence-electron chi connectivity index (χ0n) is 40.4. The van der Waals surface area contributed by atoms with Gasteiger partial charge in [-0.05, 0) is 329 Å². The second-order valence-corrected chi connectivity index (χ2v) is 18.9. The Labute approximate surface area is 477 Å². The van der Waals surface area contributed by atoms with Crippen molar-refractivity contribution in [3.8, 4) is 0 Å². The molecular weight excluding hydrogens is 736 g/mol. The van der Waals surface area contributed by atoms with Crippen molar-refractivity contribution in [3.05, 3.63) is 6.82 Å². The lowest BCUT2D eigenvalue weighted by molar-refractivity contribution is 2.83. The highest BCUT2D eigenvalue weighted by Crippen LogP contribution is 2.26. The van der Waals surface area contributed by atoms with E-state index >= 15 is 0 Å². The van der Waals surface area contributed by atoms with E-state index in [4.69, 9.17) is 255 Å². The Kier molecular flexibility index (Phi) is 34.9. The molecule has 0 aromatic rings. The molecule has 0 aliphatic heterocycles. The third kappa shape index (κ3) is 19.3. The lowest BCUT2D eigenvalue weighted by Gasteiger charge is -2.60. The monoisotopic (exact) mass is 754 g/mol. The molecule has 0 aliphatic carbocycles. The Morgan fingerprint density at radius 2 is 0.324 bits per heavy atom. The molecule has 0 bridgehead atoms. The van der Waals surface area contributed by atoms with Crippen molar-refractivity contribution in [1.29, 1.82) is 1.34 Å². The van der Waals surface area contributed by atoms with Gasteiger partial charge in [-0.3, -0.25) is 0 Å². The van der Waals surface area contributed by atoms with Crippen LogP contribution in [0.5, 0.6) is 0 Å². The van der Waals surface area contributed by atoms with Gasteiger partial charge in [0.2, 0.25) is 0 Å². The van der Waals surface area contributed by atoms with Gasteiger partial charge in [0.1, 0.15) is 0 Å². The molecule has 0 unspecified atom stereocenters. The molecule has 67 heteroatoms. The molecule has 0 nitrogen and oxygen atoms in total. The van der Waals surface area contributed by atoms with Crippen molar-refractivity contribution in [3.63, 3.8) is 0 Å². The van der Waals surface area contributed by atoms with E-state index in [1.165, 1.54) is 7.17 Å². The molecule has 0 amide bonds.